The Kier molecular flexibility index (Phi) is 2.91. The lowest BCUT2D eigenvalue weighted by molar-refractivity contribution is -0.125. The maximum absolute atomic E-state index is 11.4. The monoisotopic (exact) mass is 196 g/mol. The molecule has 2 atom stereocenters. The van der Waals surface area contributed by atoms with Crippen LogP contribution in [0.4, 0.5) is 0 Å². The standard InChI is InChI=1S/C12H20O2/c1-2-12-5-3-11(13)9-10(12)4-7-14-8-6-12/h10H,2-9H2,1H3. The molecular formula is C12H20O2. The van der Waals surface area contributed by atoms with Gasteiger partial charge in [-0.15, -0.1) is 0 Å². The maximum Gasteiger partial charge on any atom is 0.133 e. The SMILES string of the molecule is CCC12CCOCCC1CC(=O)CC2. The van der Waals surface area contributed by atoms with Gasteiger partial charge in [-0.3, -0.25) is 4.79 Å². The fourth-order valence-corrected chi connectivity index (χ4v) is 3.17. The predicted molar refractivity (Wildman–Crippen MR) is 55.1 cm³/mol. The van der Waals surface area contributed by atoms with Crippen LogP contribution < -0.4 is 0 Å². The second-order valence-corrected chi connectivity index (χ2v) is 4.81. The van der Waals surface area contributed by atoms with E-state index in [2.05, 4.69) is 6.92 Å². The first-order valence-electron chi connectivity index (χ1n) is 5.86. The van der Waals surface area contributed by atoms with Crippen molar-refractivity contribution < 1.29 is 9.53 Å². The van der Waals surface area contributed by atoms with Crippen molar-refractivity contribution in [1.29, 1.82) is 0 Å². The Morgan fingerprint density at radius 2 is 2.29 bits per heavy atom. The van der Waals surface area contributed by atoms with Crippen LogP contribution in [0.1, 0.15) is 45.4 Å². The van der Waals surface area contributed by atoms with Crippen LogP contribution in [0.3, 0.4) is 0 Å². The summed E-state index contributed by atoms with van der Waals surface area (Å²) in [6.07, 6.45) is 6.22. The van der Waals surface area contributed by atoms with Crippen LogP contribution >= 0.6 is 0 Å². The topological polar surface area (TPSA) is 26.3 Å². The number of carbonyl (C=O) groups is 1. The van der Waals surface area contributed by atoms with Gasteiger partial charge >= 0.3 is 0 Å². The number of hydrogen-bond acceptors (Lipinski definition) is 2. The number of rotatable bonds is 1. The van der Waals surface area contributed by atoms with Crippen molar-refractivity contribution in [3.8, 4) is 0 Å². The summed E-state index contributed by atoms with van der Waals surface area (Å²) in [5, 5.41) is 0. The van der Waals surface area contributed by atoms with Gasteiger partial charge in [0.1, 0.15) is 5.78 Å². The summed E-state index contributed by atoms with van der Waals surface area (Å²) in [5.74, 6) is 1.08. The Morgan fingerprint density at radius 1 is 1.43 bits per heavy atom. The summed E-state index contributed by atoms with van der Waals surface area (Å²) in [7, 11) is 0. The molecule has 2 fully saturated rings. The lowest BCUT2D eigenvalue weighted by Gasteiger charge is -2.42. The molecule has 2 heteroatoms. The highest BCUT2D eigenvalue weighted by molar-refractivity contribution is 5.79. The van der Waals surface area contributed by atoms with Gasteiger partial charge in [-0.1, -0.05) is 13.3 Å². The first-order valence-corrected chi connectivity index (χ1v) is 5.86. The highest BCUT2D eigenvalue weighted by Gasteiger charge is 2.42. The average molecular weight is 196 g/mol. The minimum atomic E-state index is 0.435. The van der Waals surface area contributed by atoms with Crippen LogP contribution in [-0.2, 0) is 9.53 Å². The van der Waals surface area contributed by atoms with Crippen LogP contribution in [0.5, 0.6) is 0 Å². The molecule has 1 aliphatic carbocycles. The van der Waals surface area contributed by atoms with Crippen molar-refractivity contribution in [1.82, 2.24) is 0 Å². The number of Topliss-reactive ketones (excluding diaryl/α,β-unsaturated/α-hetero) is 1. The molecule has 0 bridgehead atoms. The lowest BCUT2D eigenvalue weighted by Crippen LogP contribution is -2.36. The molecule has 2 unspecified atom stereocenters. The molecule has 2 nitrogen and oxygen atoms in total. The van der Waals surface area contributed by atoms with Crippen LogP contribution in [0.2, 0.25) is 0 Å². The summed E-state index contributed by atoms with van der Waals surface area (Å²) in [4.78, 5) is 11.4. The second kappa shape index (κ2) is 4.01. The third-order valence-electron chi connectivity index (χ3n) is 4.30. The van der Waals surface area contributed by atoms with Crippen LogP contribution in [0, 0.1) is 11.3 Å². The molecule has 0 N–H and O–H groups in total. The van der Waals surface area contributed by atoms with Gasteiger partial charge in [0.2, 0.25) is 0 Å². The van der Waals surface area contributed by atoms with Crippen molar-refractivity contribution in [3.63, 3.8) is 0 Å². The molecule has 80 valence electrons. The highest BCUT2D eigenvalue weighted by Crippen LogP contribution is 2.48. The normalized spacial score (nSPS) is 38.9. The van der Waals surface area contributed by atoms with Gasteiger partial charge in [0.15, 0.2) is 0 Å². The fraction of sp³-hybridized carbons (Fsp3) is 0.917. The van der Waals surface area contributed by atoms with Crippen molar-refractivity contribution in [3.05, 3.63) is 0 Å². The molecule has 1 saturated heterocycles. The van der Waals surface area contributed by atoms with E-state index in [1.807, 2.05) is 0 Å². The zero-order valence-electron chi connectivity index (χ0n) is 9.05. The summed E-state index contributed by atoms with van der Waals surface area (Å²) in [6, 6.07) is 0. The molecule has 0 aromatic heterocycles. The van der Waals surface area contributed by atoms with Gasteiger partial charge in [-0.05, 0) is 30.6 Å². The van der Waals surface area contributed by atoms with E-state index in [0.717, 1.165) is 38.9 Å². The van der Waals surface area contributed by atoms with Crippen molar-refractivity contribution in [2.45, 2.75) is 45.4 Å². The minimum absolute atomic E-state index is 0.435. The Balaban J connectivity index is 2.16. The van der Waals surface area contributed by atoms with Crippen LogP contribution in [0.15, 0.2) is 0 Å². The van der Waals surface area contributed by atoms with Crippen molar-refractivity contribution in [2.24, 2.45) is 11.3 Å². The van der Waals surface area contributed by atoms with E-state index in [4.69, 9.17) is 4.74 Å². The molecule has 1 aliphatic heterocycles. The van der Waals surface area contributed by atoms with Gasteiger partial charge in [-0.2, -0.15) is 0 Å². The average Bonchev–Trinajstić information content (AvgIpc) is 2.40. The van der Waals surface area contributed by atoms with Crippen LogP contribution in [-0.4, -0.2) is 19.0 Å². The molecule has 2 aliphatic rings. The molecule has 14 heavy (non-hydrogen) atoms. The molecule has 1 heterocycles. The van der Waals surface area contributed by atoms with Gasteiger partial charge < -0.3 is 4.74 Å². The molecule has 0 amide bonds. The molecule has 0 aromatic carbocycles. The first kappa shape index (κ1) is 10.2. The smallest absolute Gasteiger partial charge is 0.133 e. The molecular weight excluding hydrogens is 176 g/mol. The molecule has 2 rings (SSSR count). The fourth-order valence-electron chi connectivity index (χ4n) is 3.17. The van der Waals surface area contributed by atoms with E-state index < -0.39 is 0 Å². The molecule has 0 spiro atoms. The van der Waals surface area contributed by atoms with Gasteiger partial charge in [0, 0.05) is 26.1 Å². The minimum Gasteiger partial charge on any atom is -0.381 e. The summed E-state index contributed by atoms with van der Waals surface area (Å²) < 4.78 is 5.54. The number of carbonyl (C=O) groups excluding carboxylic acids is 1. The third-order valence-corrected chi connectivity index (χ3v) is 4.30. The Bertz CT molecular complexity index is 224. The van der Waals surface area contributed by atoms with Crippen molar-refractivity contribution >= 4 is 5.78 Å². The summed E-state index contributed by atoms with van der Waals surface area (Å²) in [6.45, 7) is 4.03. The predicted octanol–water partition coefficient (Wildman–Crippen LogP) is 2.56. The van der Waals surface area contributed by atoms with E-state index >= 15 is 0 Å². The quantitative estimate of drug-likeness (QED) is 0.644. The summed E-state index contributed by atoms with van der Waals surface area (Å²) >= 11 is 0. The molecule has 0 radical (unpaired) electrons. The highest BCUT2D eigenvalue weighted by atomic mass is 16.5. The zero-order valence-corrected chi connectivity index (χ0v) is 9.05. The number of fused-ring (bicyclic) bond motifs is 1. The Labute approximate surface area is 86.0 Å². The van der Waals surface area contributed by atoms with Crippen molar-refractivity contribution in [2.75, 3.05) is 13.2 Å². The number of ketones is 1. The maximum atomic E-state index is 11.4. The first-order chi connectivity index (χ1) is 6.77. The number of ether oxygens (including phenoxy) is 1. The van der Waals surface area contributed by atoms with Crippen LogP contribution in [0.25, 0.3) is 0 Å². The van der Waals surface area contributed by atoms with E-state index in [-0.39, 0.29) is 0 Å². The van der Waals surface area contributed by atoms with Gasteiger partial charge in [0.05, 0.1) is 0 Å². The van der Waals surface area contributed by atoms with E-state index in [0.29, 0.717) is 17.1 Å². The summed E-state index contributed by atoms with van der Waals surface area (Å²) in [5.41, 5.74) is 0.435. The third kappa shape index (κ3) is 1.72. The van der Waals surface area contributed by atoms with E-state index in [1.165, 1.54) is 12.8 Å². The van der Waals surface area contributed by atoms with E-state index in [9.17, 15) is 4.79 Å². The van der Waals surface area contributed by atoms with Gasteiger partial charge in [0.25, 0.3) is 0 Å². The van der Waals surface area contributed by atoms with E-state index in [1.54, 1.807) is 0 Å². The molecule has 1 saturated carbocycles. The van der Waals surface area contributed by atoms with Gasteiger partial charge in [-0.25, -0.2) is 0 Å². The number of hydrogen-bond donors (Lipinski definition) is 0. The largest absolute Gasteiger partial charge is 0.381 e. The second-order valence-electron chi connectivity index (χ2n) is 4.81. The molecule has 0 aromatic rings. The Morgan fingerprint density at radius 3 is 3.07 bits per heavy atom. The zero-order chi connectivity index (χ0) is 10.0. The lowest BCUT2D eigenvalue weighted by atomic mass is 9.62. The Hall–Kier alpha value is -0.370.